The first kappa shape index (κ1) is 23.0. The molecule has 4 nitrogen and oxygen atoms in total. The molecule has 2 fully saturated rings. The molecule has 2 aromatic rings. The highest BCUT2D eigenvalue weighted by molar-refractivity contribution is 5.97. The van der Waals surface area contributed by atoms with Gasteiger partial charge in [0, 0.05) is 31.1 Å². The number of nitrogens with zero attached hydrogens (tertiary/aromatic N) is 3. The highest BCUT2D eigenvalue weighted by atomic mass is 16.2. The molecule has 0 spiro atoms. The summed E-state index contributed by atoms with van der Waals surface area (Å²) in [6.07, 6.45) is 9.35. The van der Waals surface area contributed by atoms with Crippen molar-refractivity contribution < 1.29 is 4.79 Å². The van der Waals surface area contributed by atoms with E-state index in [1.54, 1.807) is 6.21 Å². The van der Waals surface area contributed by atoms with Crippen molar-refractivity contribution in [2.45, 2.75) is 64.7 Å². The fourth-order valence-electron chi connectivity index (χ4n) is 5.03. The summed E-state index contributed by atoms with van der Waals surface area (Å²) in [7, 11) is 0. The number of rotatable bonds is 5. The number of aryl methyl sites for hydroxylation is 1. The molecule has 4 rings (SSSR count). The smallest absolute Gasteiger partial charge is 0.254 e. The van der Waals surface area contributed by atoms with E-state index in [0.717, 1.165) is 42.6 Å². The Balaban J connectivity index is 1.53. The first-order valence-corrected chi connectivity index (χ1v) is 12.1. The number of allylic oxidation sites excluding steroid dienone is 1. The van der Waals surface area contributed by atoms with Crippen LogP contribution in [0.3, 0.4) is 0 Å². The monoisotopic (exact) mass is 439 g/mol. The molecule has 1 saturated heterocycles. The topological polar surface area (TPSA) is 56.5 Å². The number of benzene rings is 2. The van der Waals surface area contributed by atoms with E-state index in [2.05, 4.69) is 49.2 Å². The lowest BCUT2D eigenvalue weighted by Gasteiger charge is -2.33. The number of nitriles is 1. The number of aliphatic imine (C=N–C) groups is 1. The Morgan fingerprint density at radius 3 is 2.33 bits per heavy atom. The number of carbonyl (C=O) groups is 1. The van der Waals surface area contributed by atoms with Crippen LogP contribution in [0.5, 0.6) is 0 Å². The van der Waals surface area contributed by atoms with E-state index in [-0.39, 0.29) is 5.91 Å². The molecule has 0 aromatic heterocycles. The fourth-order valence-corrected chi connectivity index (χ4v) is 5.03. The number of amides is 1. The Kier molecular flexibility index (Phi) is 7.08. The highest BCUT2D eigenvalue weighted by Crippen LogP contribution is 2.41. The predicted molar refractivity (Wildman–Crippen MR) is 135 cm³/mol. The van der Waals surface area contributed by atoms with Crippen molar-refractivity contribution in [1.29, 1.82) is 5.26 Å². The van der Waals surface area contributed by atoms with Gasteiger partial charge in [0.25, 0.3) is 5.91 Å². The summed E-state index contributed by atoms with van der Waals surface area (Å²) in [6, 6.07) is 14.4. The Morgan fingerprint density at radius 1 is 1.06 bits per heavy atom. The maximum absolute atomic E-state index is 13.5. The van der Waals surface area contributed by atoms with Crippen LogP contribution in [0.4, 0.5) is 0 Å². The van der Waals surface area contributed by atoms with Crippen LogP contribution in [-0.4, -0.2) is 30.1 Å². The lowest BCUT2D eigenvalue weighted by molar-refractivity contribution is 0.0712. The zero-order chi connectivity index (χ0) is 23.4. The van der Waals surface area contributed by atoms with E-state index in [9.17, 15) is 4.79 Å². The minimum Gasteiger partial charge on any atom is -0.339 e. The van der Waals surface area contributed by atoms with Crippen LogP contribution in [0.2, 0.25) is 0 Å². The standard InChI is InChI=1S/C29H33N3O/c1-4-31-19-21(3)26-17-27(20(2)16-28(26)25-6-5-7-25)29(33)32-14-12-24(13-15-32)23-10-8-22(18-30)9-11-23/h4,8-11,16-17,19,24-25H,5-7,12-15H2,1-3H3/b21-19+,31-4?. The van der Waals surface area contributed by atoms with Crippen molar-refractivity contribution in [3.05, 3.63) is 76.0 Å². The molecule has 1 aliphatic carbocycles. The molecular weight excluding hydrogens is 406 g/mol. The average molecular weight is 440 g/mol. The number of likely N-dealkylation sites (tertiary alicyclic amines) is 1. The molecule has 1 amide bonds. The summed E-state index contributed by atoms with van der Waals surface area (Å²) >= 11 is 0. The van der Waals surface area contributed by atoms with Gasteiger partial charge in [-0.1, -0.05) is 24.6 Å². The Bertz CT molecular complexity index is 1110. The van der Waals surface area contributed by atoms with Crippen molar-refractivity contribution in [3.8, 4) is 6.07 Å². The zero-order valence-electron chi connectivity index (χ0n) is 20.0. The van der Waals surface area contributed by atoms with Gasteiger partial charge in [-0.2, -0.15) is 5.26 Å². The summed E-state index contributed by atoms with van der Waals surface area (Å²) in [5.41, 5.74) is 7.51. The second kappa shape index (κ2) is 10.2. The van der Waals surface area contributed by atoms with Gasteiger partial charge in [0.05, 0.1) is 11.6 Å². The van der Waals surface area contributed by atoms with Gasteiger partial charge in [-0.15, -0.1) is 0 Å². The minimum atomic E-state index is 0.138. The van der Waals surface area contributed by atoms with Crippen LogP contribution in [0.25, 0.3) is 5.57 Å². The van der Waals surface area contributed by atoms with Crippen molar-refractivity contribution in [3.63, 3.8) is 0 Å². The van der Waals surface area contributed by atoms with Gasteiger partial charge in [0.2, 0.25) is 0 Å². The normalized spacial score (nSPS) is 17.8. The zero-order valence-corrected chi connectivity index (χ0v) is 20.0. The molecular formula is C29H33N3O. The van der Waals surface area contributed by atoms with Gasteiger partial charge in [0.15, 0.2) is 0 Å². The molecule has 1 saturated carbocycles. The van der Waals surface area contributed by atoms with Crippen LogP contribution >= 0.6 is 0 Å². The van der Waals surface area contributed by atoms with E-state index in [0.29, 0.717) is 17.4 Å². The lowest BCUT2D eigenvalue weighted by atomic mass is 9.76. The van der Waals surface area contributed by atoms with Crippen molar-refractivity contribution in [2.24, 2.45) is 4.99 Å². The molecule has 0 unspecified atom stereocenters. The summed E-state index contributed by atoms with van der Waals surface area (Å²) in [5.74, 6) is 1.18. The maximum Gasteiger partial charge on any atom is 0.254 e. The second-order valence-corrected chi connectivity index (χ2v) is 9.40. The number of piperidine rings is 1. The molecule has 2 aliphatic rings. The molecule has 0 N–H and O–H groups in total. The minimum absolute atomic E-state index is 0.138. The second-order valence-electron chi connectivity index (χ2n) is 9.40. The van der Waals surface area contributed by atoms with Crippen LogP contribution < -0.4 is 0 Å². The van der Waals surface area contributed by atoms with Gasteiger partial charge in [0.1, 0.15) is 0 Å². The Hall–Kier alpha value is -3.19. The predicted octanol–water partition coefficient (Wildman–Crippen LogP) is 6.61. The SMILES string of the molecule is CC=N/C=C(\C)c1cc(C(=O)N2CCC(c3ccc(C#N)cc3)CC2)c(C)cc1C1CCC1. The third kappa shape index (κ3) is 4.93. The molecule has 33 heavy (non-hydrogen) atoms. The van der Waals surface area contributed by atoms with Gasteiger partial charge in [-0.25, -0.2) is 0 Å². The number of hydrogen-bond donors (Lipinski definition) is 0. The average Bonchev–Trinajstić information content (AvgIpc) is 2.81. The molecule has 1 aliphatic heterocycles. The number of hydrogen-bond acceptors (Lipinski definition) is 3. The van der Waals surface area contributed by atoms with Gasteiger partial charge in [-0.05, 0) is 104 Å². The number of carbonyl (C=O) groups excluding carboxylic acids is 1. The third-order valence-corrected chi connectivity index (χ3v) is 7.31. The molecule has 0 atom stereocenters. The fraction of sp³-hybridized carbons (Fsp3) is 0.414. The third-order valence-electron chi connectivity index (χ3n) is 7.31. The quantitative estimate of drug-likeness (QED) is 0.493. The van der Waals surface area contributed by atoms with Crippen LogP contribution in [0, 0.1) is 18.3 Å². The van der Waals surface area contributed by atoms with E-state index < -0.39 is 0 Å². The molecule has 1 heterocycles. The molecule has 170 valence electrons. The summed E-state index contributed by atoms with van der Waals surface area (Å²) in [5, 5.41) is 9.02. The summed E-state index contributed by atoms with van der Waals surface area (Å²) in [4.78, 5) is 19.9. The summed E-state index contributed by atoms with van der Waals surface area (Å²) < 4.78 is 0. The van der Waals surface area contributed by atoms with E-state index in [1.165, 1.54) is 36.0 Å². The Morgan fingerprint density at radius 2 is 1.76 bits per heavy atom. The van der Waals surface area contributed by atoms with E-state index in [4.69, 9.17) is 5.26 Å². The van der Waals surface area contributed by atoms with Gasteiger partial charge < -0.3 is 4.90 Å². The first-order chi connectivity index (χ1) is 16.0. The van der Waals surface area contributed by atoms with Gasteiger partial charge >= 0.3 is 0 Å². The van der Waals surface area contributed by atoms with Crippen molar-refractivity contribution >= 4 is 17.7 Å². The molecule has 0 bridgehead atoms. The van der Waals surface area contributed by atoms with E-state index in [1.807, 2.05) is 30.2 Å². The first-order valence-electron chi connectivity index (χ1n) is 12.1. The van der Waals surface area contributed by atoms with Crippen LogP contribution in [0.1, 0.15) is 96.0 Å². The van der Waals surface area contributed by atoms with Crippen molar-refractivity contribution in [1.82, 2.24) is 4.90 Å². The molecule has 0 radical (unpaired) electrons. The van der Waals surface area contributed by atoms with E-state index >= 15 is 0 Å². The van der Waals surface area contributed by atoms with Crippen LogP contribution in [0.15, 0.2) is 47.6 Å². The largest absolute Gasteiger partial charge is 0.339 e. The van der Waals surface area contributed by atoms with Gasteiger partial charge in [-0.3, -0.25) is 9.79 Å². The Labute approximate surface area is 197 Å². The van der Waals surface area contributed by atoms with Crippen LogP contribution in [-0.2, 0) is 0 Å². The highest BCUT2D eigenvalue weighted by Gasteiger charge is 2.28. The van der Waals surface area contributed by atoms with Crippen molar-refractivity contribution in [2.75, 3.05) is 13.1 Å². The summed E-state index contributed by atoms with van der Waals surface area (Å²) in [6.45, 7) is 7.61. The maximum atomic E-state index is 13.5. The molecule has 2 aromatic carbocycles. The molecule has 4 heteroatoms. The lowest BCUT2D eigenvalue weighted by Crippen LogP contribution is -2.38.